The first kappa shape index (κ1) is 11.1. The van der Waals surface area contributed by atoms with Crippen molar-refractivity contribution in [1.29, 1.82) is 0 Å². The molecule has 3 heteroatoms. The number of allylic oxidation sites excluding steroid dienone is 6. The Balaban J connectivity index is 3.09. The lowest BCUT2D eigenvalue weighted by Gasteiger charge is -2.13. The third-order valence-electron chi connectivity index (χ3n) is 2.15. The van der Waals surface area contributed by atoms with Gasteiger partial charge >= 0.3 is 0 Å². The van der Waals surface area contributed by atoms with Gasteiger partial charge in [-0.15, -0.1) is 0 Å². The molecule has 0 aromatic rings. The van der Waals surface area contributed by atoms with E-state index in [0.29, 0.717) is 19.8 Å². The highest BCUT2D eigenvalue weighted by atomic mass is 19.3. The molecule has 0 saturated carbocycles. The molecule has 0 atom stereocenters. The predicted octanol–water partition coefficient (Wildman–Crippen LogP) is 4.16. The van der Waals surface area contributed by atoms with Crippen LogP contribution in [-0.2, 0) is 0 Å². The van der Waals surface area contributed by atoms with Gasteiger partial charge in [0.1, 0.15) is 5.83 Å². The summed E-state index contributed by atoms with van der Waals surface area (Å²) in [5.41, 5.74) is 0.244. The lowest BCUT2D eigenvalue weighted by atomic mass is 10.1. The van der Waals surface area contributed by atoms with Crippen LogP contribution < -0.4 is 0 Å². The minimum absolute atomic E-state index is 0.380. The summed E-state index contributed by atoms with van der Waals surface area (Å²) in [5, 5.41) is 0. The van der Waals surface area contributed by atoms with Gasteiger partial charge in [-0.25, -0.2) is 13.2 Å². The van der Waals surface area contributed by atoms with Crippen LogP contribution in [0.5, 0.6) is 0 Å². The van der Waals surface area contributed by atoms with Crippen LogP contribution in [0.3, 0.4) is 0 Å². The Labute approximate surface area is 81.8 Å². The van der Waals surface area contributed by atoms with E-state index in [1.165, 1.54) is 12.2 Å². The van der Waals surface area contributed by atoms with Crippen LogP contribution >= 0.6 is 0 Å². The van der Waals surface area contributed by atoms with Crippen LogP contribution in [0.4, 0.5) is 13.2 Å². The molecule has 0 fully saturated rings. The van der Waals surface area contributed by atoms with E-state index in [2.05, 4.69) is 0 Å². The normalized spacial score (nSPS) is 18.2. The van der Waals surface area contributed by atoms with Crippen molar-refractivity contribution in [1.82, 2.24) is 0 Å². The molecule has 0 saturated heterocycles. The molecule has 0 aromatic carbocycles. The van der Waals surface area contributed by atoms with Crippen molar-refractivity contribution in [2.24, 2.45) is 0 Å². The SMILES string of the molecule is CCC1=CCC=C(F)C(C(C)(F)F)=C1. The summed E-state index contributed by atoms with van der Waals surface area (Å²) in [4.78, 5) is 0. The summed E-state index contributed by atoms with van der Waals surface area (Å²) in [6, 6.07) is 0. The van der Waals surface area contributed by atoms with Gasteiger partial charge in [0.25, 0.3) is 5.92 Å². The summed E-state index contributed by atoms with van der Waals surface area (Å²) in [6.45, 7) is 2.57. The van der Waals surface area contributed by atoms with Crippen molar-refractivity contribution in [3.05, 3.63) is 35.2 Å². The van der Waals surface area contributed by atoms with E-state index in [0.717, 1.165) is 5.57 Å². The number of halogens is 3. The average molecular weight is 202 g/mol. The Morgan fingerprint density at radius 2 is 2.00 bits per heavy atom. The maximum Gasteiger partial charge on any atom is 0.273 e. The van der Waals surface area contributed by atoms with Gasteiger partial charge in [0, 0.05) is 6.92 Å². The molecule has 1 rings (SSSR count). The van der Waals surface area contributed by atoms with Gasteiger partial charge in [0.15, 0.2) is 0 Å². The average Bonchev–Trinajstić information content (AvgIpc) is 2.25. The molecule has 0 aromatic heterocycles. The molecule has 1 aliphatic rings. The Hall–Kier alpha value is -0.990. The number of hydrogen-bond acceptors (Lipinski definition) is 0. The van der Waals surface area contributed by atoms with E-state index >= 15 is 0 Å². The van der Waals surface area contributed by atoms with Crippen LogP contribution in [0.1, 0.15) is 26.7 Å². The summed E-state index contributed by atoms with van der Waals surface area (Å²) in [7, 11) is 0. The van der Waals surface area contributed by atoms with Crippen LogP contribution in [0, 0.1) is 0 Å². The van der Waals surface area contributed by atoms with Gasteiger partial charge in [-0.1, -0.05) is 18.6 Å². The molecule has 0 N–H and O–H groups in total. The molecular weight excluding hydrogens is 189 g/mol. The van der Waals surface area contributed by atoms with Gasteiger partial charge in [0.05, 0.1) is 5.57 Å². The summed E-state index contributed by atoms with van der Waals surface area (Å²) in [5.74, 6) is -3.92. The number of rotatable bonds is 2. The molecule has 1 aliphatic carbocycles. The van der Waals surface area contributed by atoms with Crippen LogP contribution in [-0.4, -0.2) is 5.92 Å². The lowest BCUT2D eigenvalue weighted by Crippen LogP contribution is -2.14. The second-order valence-electron chi connectivity index (χ2n) is 3.37. The molecule has 78 valence electrons. The quantitative estimate of drug-likeness (QED) is 0.630. The van der Waals surface area contributed by atoms with Crippen LogP contribution in [0.15, 0.2) is 35.2 Å². The van der Waals surface area contributed by atoms with E-state index in [1.807, 2.05) is 6.92 Å². The van der Waals surface area contributed by atoms with Crippen molar-refractivity contribution < 1.29 is 13.2 Å². The number of hydrogen-bond donors (Lipinski definition) is 0. The van der Waals surface area contributed by atoms with Crippen molar-refractivity contribution in [2.45, 2.75) is 32.6 Å². The third-order valence-corrected chi connectivity index (χ3v) is 2.15. The second kappa shape index (κ2) is 4.03. The Bertz CT molecular complexity index is 303. The van der Waals surface area contributed by atoms with E-state index in [9.17, 15) is 13.2 Å². The monoisotopic (exact) mass is 202 g/mol. The maximum atomic E-state index is 13.2. The fourth-order valence-electron chi connectivity index (χ4n) is 1.32. The first-order chi connectivity index (χ1) is 6.45. The molecule has 0 bridgehead atoms. The van der Waals surface area contributed by atoms with Gasteiger partial charge in [-0.05, 0) is 25.0 Å². The largest absolute Gasteiger partial charge is 0.273 e. The molecule has 0 spiro atoms. The first-order valence-corrected chi connectivity index (χ1v) is 4.60. The Morgan fingerprint density at radius 3 is 2.50 bits per heavy atom. The smallest absolute Gasteiger partial charge is 0.207 e. The molecule has 0 radical (unpaired) electrons. The fourth-order valence-corrected chi connectivity index (χ4v) is 1.32. The van der Waals surface area contributed by atoms with Crippen LogP contribution in [0.2, 0.25) is 0 Å². The van der Waals surface area contributed by atoms with E-state index < -0.39 is 17.3 Å². The lowest BCUT2D eigenvalue weighted by molar-refractivity contribution is 0.0629. The zero-order valence-corrected chi connectivity index (χ0v) is 8.28. The Morgan fingerprint density at radius 1 is 1.36 bits per heavy atom. The van der Waals surface area contributed by atoms with E-state index in [4.69, 9.17) is 0 Å². The fraction of sp³-hybridized carbons (Fsp3) is 0.455. The van der Waals surface area contributed by atoms with Crippen LogP contribution in [0.25, 0.3) is 0 Å². The zero-order valence-electron chi connectivity index (χ0n) is 8.28. The van der Waals surface area contributed by atoms with Crippen molar-refractivity contribution >= 4 is 0 Å². The van der Waals surface area contributed by atoms with Gasteiger partial charge in [-0.3, -0.25) is 0 Å². The van der Waals surface area contributed by atoms with Crippen molar-refractivity contribution in [3.8, 4) is 0 Å². The van der Waals surface area contributed by atoms with Crippen molar-refractivity contribution in [3.63, 3.8) is 0 Å². The van der Waals surface area contributed by atoms with Gasteiger partial charge in [0.2, 0.25) is 0 Å². The minimum atomic E-state index is -3.11. The highest BCUT2D eigenvalue weighted by molar-refractivity contribution is 5.40. The number of alkyl halides is 2. The standard InChI is InChI=1S/C11H13F3/c1-3-8-5-4-6-10(12)9(7-8)11(2,13)14/h5-7H,3-4H2,1-2H3. The highest BCUT2D eigenvalue weighted by Gasteiger charge is 2.31. The molecule has 0 unspecified atom stereocenters. The van der Waals surface area contributed by atoms with Gasteiger partial charge in [-0.2, -0.15) is 0 Å². The first-order valence-electron chi connectivity index (χ1n) is 4.60. The molecule has 14 heavy (non-hydrogen) atoms. The predicted molar refractivity (Wildman–Crippen MR) is 50.9 cm³/mol. The summed E-state index contributed by atoms with van der Waals surface area (Å²) >= 11 is 0. The molecular formula is C11H13F3. The third kappa shape index (κ3) is 2.50. The molecule has 0 amide bonds. The summed E-state index contributed by atoms with van der Waals surface area (Å²) < 4.78 is 39.1. The van der Waals surface area contributed by atoms with Crippen molar-refractivity contribution in [2.75, 3.05) is 0 Å². The van der Waals surface area contributed by atoms with E-state index in [-0.39, 0.29) is 0 Å². The maximum absolute atomic E-state index is 13.2. The molecule has 0 nitrogen and oxygen atoms in total. The Kier molecular flexibility index (Phi) is 3.19. The molecule has 0 heterocycles. The zero-order chi connectivity index (χ0) is 10.8. The molecule has 0 aliphatic heterocycles. The van der Waals surface area contributed by atoms with E-state index in [1.54, 1.807) is 6.08 Å². The highest BCUT2D eigenvalue weighted by Crippen LogP contribution is 2.33. The summed E-state index contributed by atoms with van der Waals surface area (Å²) in [6.07, 6.45) is 5.22. The van der Waals surface area contributed by atoms with Gasteiger partial charge < -0.3 is 0 Å². The topological polar surface area (TPSA) is 0 Å². The second-order valence-corrected chi connectivity index (χ2v) is 3.37. The minimum Gasteiger partial charge on any atom is -0.207 e.